The number of rotatable bonds is 5. The van der Waals surface area contributed by atoms with Crippen molar-refractivity contribution >= 4 is 22.4 Å². The lowest BCUT2D eigenvalue weighted by atomic mass is 10.1. The summed E-state index contributed by atoms with van der Waals surface area (Å²) in [4.78, 5) is 21.1. The summed E-state index contributed by atoms with van der Waals surface area (Å²) in [6.45, 7) is 4.70. The van der Waals surface area contributed by atoms with Crippen LogP contribution in [-0.4, -0.2) is 32.1 Å². The van der Waals surface area contributed by atoms with Gasteiger partial charge in [0.15, 0.2) is 10.8 Å². The van der Waals surface area contributed by atoms with Gasteiger partial charge in [-0.15, -0.1) is 11.3 Å². The fourth-order valence-electron chi connectivity index (χ4n) is 3.86. The average molecular weight is 430 g/mol. The van der Waals surface area contributed by atoms with Gasteiger partial charge >= 0.3 is 0 Å². The normalized spacial score (nSPS) is 13.7. The molecule has 0 unspecified atom stereocenters. The zero-order valence-electron chi connectivity index (χ0n) is 17.3. The maximum absolute atomic E-state index is 12.8. The van der Waals surface area contributed by atoms with Crippen molar-refractivity contribution in [2.24, 2.45) is 0 Å². The molecule has 31 heavy (non-hydrogen) atoms. The Morgan fingerprint density at radius 3 is 2.61 bits per heavy atom. The van der Waals surface area contributed by atoms with Crippen molar-refractivity contribution < 1.29 is 4.79 Å². The maximum Gasteiger partial charge on any atom is 0.277 e. The van der Waals surface area contributed by atoms with Gasteiger partial charge in [-0.2, -0.15) is 5.10 Å². The van der Waals surface area contributed by atoms with Gasteiger partial charge in [-0.05, 0) is 30.7 Å². The van der Waals surface area contributed by atoms with Crippen LogP contribution >= 0.6 is 11.3 Å². The number of carbonyl (C=O) groups is 1. The smallest absolute Gasteiger partial charge is 0.277 e. The highest BCUT2D eigenvalue weighted by molar-refractivity contribution is 7.15. The molecule has 7 heteroatoms. The van der Waals surface area contributed by atoms with E-state index in [0.29, 0.717) is 10.8 Å². The van der Waals surface area contributed by atoms with Gasteiger partial charge in [0.25, 0.3) is 5.91 Å². The molecule has 0 aliphatic carbocycles. The third-order valence-electron chi connectivity index (χ3n) is 5.40. The standard InChI is InChI=1S/C24H23N5OS/c1-17-14-21(27-29(17)19-10-6-3-7-11-19)23(30)26-24-25-20-12-13-28(16-22(20)31-24)15-18-8-4-2-5-9-18/h2-11,14H,12-13,15-16H2,1H3,(H,25,26,30). The molecule has 5 rings (SSSR count). The minimum atomic E-state index is -0.231. The summed E-state index contributed by atoms with van der Waals surface area (Å²) >= 11 is 1.56. The zero-order chi connectivity index (χ0) is 21.2. The van der Waals surface area contributed by atoms with Crippen molar-refractivity contribution in [3.05, 3.63) is 94.3 Å². The molecule has 6 nitrogen and oxygen atoms in total. The number of benzene rings is 2. The van der Waals surface area contributed by atoms with Crippen molar-refractivity contribution in [1.29, 1.82) is 0 Å². The lowest BCUT2D eigenvalue weighted by Gasteiger charge is -2.25. The van der Waals surface area contributed by atoms with Gasteiger partial charge in [-0.25, -0.2) is 9.67 Å². The number of aromatic nitrogens is 3. The first-order valence-corrected chi connectivity index (χ1v) is 11.2. The minimum absolute atomic E-state index is 0.231. The van der Waals surface area contributed by atoms with Crippen molar-refractivity contribution in [1.82, 2.24) is 19.7 Å². The summed E-state index contributed by atoms with van der Waals surface area (Å²) in [5, 5.41) is 8.08. The summed E-state index contributed by atoms with van der Waals surface area (Å²) in [6.07, 6.45) is 0.899. The number of hydrogen-bond acceptors (Lipinski definition) is 5. The lowest BCUT2D eigenvalue weighted by molar-refractivity contribution is 0.102. The Balaban J connectivity index is 1.27. The van der Waals surface area contributed by atoms with E-state index in [9.17, 15) is 4.79 Å². The predicted octanol–water partition coefficient (Wildman–Crippen LogP) is 4.45. The molecule has 1 aliphatic rings. The Kier molecular flexibility index (Phi) is 5.36. The van der Waals surface area contributed by atoms with Crippen LogP contribution in [0, 0.1) is 6.92 Å². The van der Waals surface area contributed by atoms with Crippen LogP contribution in [0.5, 0.6) is 0 Å². The van der Waals surface area contributed by atoms with Crippen molar-refractivity contribution in [3.63, 3.8) is 0 Å². The largest absolute Gasteiger partial charge is 0.296 e. The molecule has 2 aromatic carbocycles. The van der Waals surface area contributed by atoms with Gasteiger partial charge in [-0.1, -0.05) is 48.5 Å². The van der Waals surface area contributed by atoms with Crippen LogP contribution in [-0.2, 0) is 19.5 Å². The topological polar surface area (TPSA) is 63.1 Å². The highest BCUT2D eigenvalue weighted by Crippen LogP contribution is 2.29. The van der Waals surface area contributed by atoms with Crippen LogP contribution in [0.2, 0.25) is 0 Å². The van der Waals surface area contributed by atoms with Crippen LogP contribution in [0.25, 0.3) is 5.69 Å². The quantitative estimate of drug-likeness (QED) is 0.509. The maximum atomic E-state index is 12.8. The Bertz CT molecular complexity index is 1200. The van der Waals surface area contributed by atoms with Gasteiger partial charge in [-0.3, -0.25) is 15.0 Å². The Morgan fingerprint density at radius 1 is 1.10 bits per heavy atom. The first-order valence-electron chi connectivity index (χ1n) is 10.3. The third-order valence-corrected chi connectivity index (χ3v) is 6.40. The molecule has 156 valence electrons. The number of thiazole rings is 1. The second-order valence-corrected chi connectivity index (χ2v) is 8.79. The average Bonchev–Trinajstić information content (AvgIpc) is 3.37. The molecule has 3 heterocycles. The van der Waals surface area contributed by atoms with Gasteiger partial charge in [0, 0.05) is 36.6 Å². The van der Waals surface area contributed by atoms with Crippen LogP contribution in [0.1, 0.15) is 32.3 Å². The number of nitrogens with zero attached hydrogens (tertiary/aromatic N) is 4. The molecule has 0 saturated carbocycles. The second kappa shape index (κ2) is 8.45. The zero-order valence-corrected chi connectivity index (χ0v) is 18.1. The molecule has 2 aromatic heterocycles. The van der Waals surface area contributed by atoms with E-state index in [4.69, 9.17) is 0 Å². The summed E-state index contributed by atoms with van der Waals surface area (Å²) in [5.74, 6) is -0.231. The van der Waals surface area contributed by atoms with Gasteiger partial charge in [0.1, 0.15) is 0 Å². The van der Waals surface area contributed by atoms with E-state index in [0.717, 1.165) is 43.1 Å². The van der Waals surface area contributed by atoms with Crippen LogP contribution in [0.3, 0.4) is 0 Å². The molecule has 0 bridgehead atoms. The Morgan fingerprint density at radius 2 is 1.84 bits per heavy atom. The molecule has 1 aliphatic heterocycles. The van der Waals surface area contributed by atoms with E-state index in [-0.39, 0.29) is 5.91 Å². The fourth-order valence-corrected chi connectivity index (χ4v) is 4.90. The third kappa shape index (κ3) is 4.28. The first kappa shape index (κ1) is 19.7. The summed E-state index contributed by atoms with van der Waals surface area (Å²) in [6, 6.07) is 22.1. The number of fused-ring (bicyclic) bond motifs is 1. The van der Waals surface area contributed by atoms with E-state index in [1.54, 1.807) is 22.1 Å². The van der Waals surface area contributed by atoms with E-state index < -0.39 is 0 Å². The summed E-state index contributed by atoms with van der Waals surface area (Å²) in [7, 11) is 0. The number of amides is 1. The highest BCUT2D eigenvalue weighted by Gasteiger charge is 2.22. The van der Waals surface area contributed by atoms with Gasteiger partial charge < -0.3 is 0 Å². The first-order chi connectivity index (χ1) is 15.2. The molecule has 1 amide bonds. The Labute approximate surface area is 185 Å². The summed E-state index contributed by atoms with van der Waals surface area (Å²) < 4.78 is 1.78. The fraction of sp³-hybridized carbons (Fsp3) is 0.208. The molecular weight excluding hydrogens is 406 g/mol. The number of hydrogen-bond donors (Lipinski definition) is 1. The monoisotopic (exact) mass is 429 g/mol. The molecule has 0 spiro atoms. The number of para-hydroxylation sites is 1. The van der Waals surface area contributed by atoms with Crippen molar-refractivity contribution in [2.45, 2.75) is 26.4 Å². The van der Waals surface area contributed by atoms with Crippen molar-refractivity contribution in [3.8, 4) is 5.69 Å². The Hall–Kier alpha value is -3.29. The predicted molar refractivity (Wildman–Crippen MR) is 123 cm³/mol. The van der Waals surface area contributed by atoms with Crippen LogP contribution < -0.4 is 5.32 Å². The highest BCUT2D eigenvalue weighted by atomic mass is 32.1. The molecule has 0 radical (unpaired) electrons. The number of carbonyl (C=O) groups excluding carboxylic acids is 1. The van der Waals surface area contributed by atoms with E-state index in [1.165, 1.54) is 10.4 Å². The van der Waals surface area contributed by atoms with Gasteiger partial charge in [0.2, 0.25) is 0 Å². The van der Waals surface area contributed by atoms with Crippen LogP contribution in [0.4, 0.5) is 5.13 Å². The van der Waals surface area contributed by atoms with E-state index in [1.807, 2.05) is 43.3 Å². The molecule has 0 fully saturated rings. The molecule has 0 saturated heterocycles. The van der Waals surface area contributed by atoms with Crippen molar-refractivity contribution in [2.75, 3.05) is 11.9 Å². The second-order valence-electron chi connectivity index (χ2n) is 7.71. The van der Waals surface area contributed by atoms with E-state index in [2.05, 4.69) is 44.6 Å². The molecule has 0 atom stereocenters. The van der Waals surface area contributed by atoms with Crippen LogP contribution in [0.15, 0.2) is 66.7 Å². The van der Waals surface area contributed by atoms with Gasteiger partial charge in [0.05, 0.1) is 11.4 Å². The number of anilines is 1. The summed E-state index contributed by atoms with van der Waals surface area (Å²) in [5.41, 5.74) is 4.64. The number of nitrogens with one attached hydrogen (secondary N) is 1. The molecular formula is C24H23N5OS. The van der Waals surface area contributed by atoms with E-state index >= 15 is 0 Å². The number of aryl methyl sites for hydroxylation is 1. The lowest BCUT2D eigenvalue weighted by Crippen LogP contribution is -2.29. The molecule has 1 N–H and O–H groups in total. The molecule has 4 aromatic rings. The minimum Gasteiger partial charge on any atom is -0.296 e. The SMILES string of the molecule is Cc1cc(C(=O)Nc2nc3c(s2)CN(Cc2ccccc2)CC3)nn1-c1ccccc1.